The van der Waals surface area contributed by atoms with E-state index in [0.717, 1.165) is 36.3 Å². The van der Waals surface area contributed by atoms with Crippen LogP contribution in [-0.2, 0) is 13.1 Å². The summed E-state index contributed by atoms with van der Waals surface area (Å²) in [7, 11) is 1.84. The molecule has 1 fully saturated rings. The maximum Gasteiger partial charge on any atom is 0.191 e. The predicted molar refractivity (Wildman–Crippen MR) is 110 cm³/mol. The van der Waals surface area contributed by atoms with Gasteiger partial charge in [-0.25, -0.2) is 4.98 Å². The number of nitrogens with one attached hydrogen (secondary N) is 2. The van der Waals surface area contributed by atoms with Crippen LogP contribution in [0.1, 0.15) is 34.0 Å². The standard InChI is InChI=1S/C20H29N5S/c1-15-19(26-16(2)23-15)12-22-20(21-3)24-18-10-7-11-25(14-18)13-17-8-5-4-6-9-17/h4-6,8-9,18H,7,10-14H2,1-3H3,(H2,21,22,24). The number of aliphatic imine (C=N–C) groups is 1. The minimum atomic E-state index is 0.433. The number of hydrogen-bond acceptors (Lipinski definition) is 4. The molecule has 0 radical (unpaired) electrons. The Morgan fingerprint density at radius 1 is 1.31 bits per heavy atom. The lowest BCUT2D eigenvalue weighted by atomic mass is 10.0. The summed E-state index contributed by atoms with van der Waals surface area (Å²) >= 11 is 1.75. The Labute approximate surface area is 160 Å². The molecular weight excluding hydrogens is 342 g/mol. The van der Waals surface area contributed by atoms with Crippen LogP contribution in [0.15, 0.2) is 35.3 Å². The molecule has 0 spiro atoms. The van der Waals surface area contributed by atoms with Gasteiger partial charge in [-0.1, -0.05) is 30.3 Å². The molecule has 1 unspecified atom stereocenters. The molecule has 0 saturated carbocycles. The summed E-state index contributed by atoms with van der Waals surface area (Å²) in [5.74, 6) is 0.877. The number of thiazole rings is 1. The monoisotopic (exact) mass is 371 g/mol. The Kier molecular flexibility index (Phi) is 6.63. The highest BCUT2D eigenvalue weighted by Crippen LogP contribution is 2.17. The van der Waals surface area contributed by atoms with Crippen molar-refractivity contribution in [1.82, 2.24) is 20.5 Å². The second-order valence-corrected chi connectivity index (χ2v) is 8.16. The van der Waals surface area contributed by atoms with Crippen molar-refractivity contribution in [3.63, 3.8) is 0 Å². The van der Waals surface area contributed by atoms with Gasteiger partial charge in [-0.2, -0.15) is 0 Å². The van der Waals surface area contributed by atoms with Gasteiger partial charge < -0.3 is 10.6 Å². The van der Waals surface area contributed by atoms with E-state index < -0.39 is 0 Å². The molecule has 0 bridgehead atoms. The first-order chi connectivity index (χ1) is 12.6. The molecule has 0 amide bonds. The van der Waals surface area contributed by atoms with Crippen LogP contribution in [0.4, 0.5) is 0 Å². The van der Waals surface area contributed by atoms with Gasteiger partial charge in [-0.3, -0.25) is 9.89 Å². The zero-order valence-corrected chi connectivity index (χ0v) is 16.8. The molecule has 1 aromatic carbocycles. The number of rotatable bonds is 5. The number of piperidine rings is 1. The molecule has 2 aromatic rings. The van der Waals surface area contributed by atoms with Gasteiger partial charge in [-0.15, -0.1) is 11.3 Å². The molecule has 140 valence electrons. The minimum absolute atomic E-state index is 0.433. The van der Waals surface area contributed by atoms with Crippen LogP contribution in [0.5, 0.6) is 0 Å². The first kappa shape index (κ1) is 18.9. The van der Waals surface area contributed by atoms with E-state index in [9.17, 15) is 0 Å². The largest absolute Gasteiger partial charge is 0.352 e. The van der Waals surface area contributed by atoms with Crippen molar-refractivity contribution in [2.45, 2.75) is 45.8 Å². The molecule has 1 aliphatic heterocycles. The van der Waals surface area contributed by atoms with Gasteiger partial charge in [0.15, 0.2) is 5.96 Å². The molecular formula is C20H29N5S. The highest BCUT2D eigenvalue weighted by molar-refractivity contribution is 7.11. The van der Waals surface area contributed by atoms with E-state index in [-0.39, 0.29) is 0 Å². The number of aromatic nitrogens is 1. The smallest absolute Gasteiger partial charge is 0.191 e. The highest BCUT2D eigenvalue weighted by atomic mass is 32.1. The second-order valence-electron chi connectivity index (χ2n) is 6.87. The van der Waals surface area contributed by atoms with Crippen molar-refractivity contribution in [2.24, 2.45) is 4.99 Å². The molecule has 1 saturated heterocycles. The van der Waals surface area contributed by atoms with Crippen LogP contribution in [0, 0.1) is 13.8 Å². The molecule has 26 heavy (non-hydrogen) atoms. The van der Waals surface area contributed by atoms with E-state index >= 15 is 0 Å². The fourth-order valence-electron chi connectivity index (χ4n) is 3.45. The average molecular weight is 372 g/mol. The Morgan fingerprint density at radius 3 is 2.81 bits per heavy atom. The first-order valence-corrected chi connectivity index (χ1v) is 10.1. The van der Waals surface area contributed by atoms with Gasteiger partial charge in [0.05, 0.1) is 17.2 Å². The summed E-state index contributed by atoms with van der Waals surface area (Å²) in [5.41, 5.74) is 2.49. The molecule has 0 aliphatic carbocycles. The molecule has 1 atom stereocenters. The van der Waals surface area contributed by atoms with Crippen LogP contribution in [0.25, 0.3) is 0 Å². The number of aryl methyl sites for hydroxylation is 2. The maximum absolute atomic E-state index is 4.49. The fraction of sp³-hybridized carbons (Fsp3) is 0.500. The molecule has 6 heteroatoms. The van der Waals surface area contributed by atoms with E-state index in [4.69, 9.17) is 0 Å². The zero-order valence-electron chi connectivity index (χ0n) is 16.0. The lowest BCUT2D eigenvalue weighted by Crippen LogP contribution is -2.50. The molecule has 3 rings (SSSR count). The lowest BCUT2D eigenvalue weighted by molar-refractivity contribution is 0.192. The lowest BCUT2D eigenvalue weighted by Gasteiger charge is -2.34. The Morgan fingerprint density at radius 2 is 2.12 bits per heavy atom. The van der Waals surface area contributed by atoms with Gasteiger partial charge >= 0.3 is 0 Å². The first-order valence-electron chi connectivity index (χ1n) is 9.30. The molecule has 2 heterocycles. The SMILES string of the molecule is CN=C(NCc1sc(C)nc1C)NC1CCCN(Cc2ccccc2)C1. The zero-order chi connectivity index (χ0) is 18.4. The van der Waals surface area contributed by atoms with Crippen molar-refractivity contribution in [1.29, 1.82) is 0 Å². The van der Waals surface area contributed by atoms with Crippen LogP contribution in [-0.4, -0.2) is 42.0 Å². The summed E-state index contributed by atoms with van der Waals surface area (Å²) in [4.78, 5) is 12.7. The topological polar surface area (TPSA) is 52.6 Å². The summed E-state index contributed by atoms with van der Waals surface area (Å²) < 4.78 is 0. The van der Waals surface area contributed by atoms with Gasteiger partial charge in [0.1, 0.15) is 0 Å². The van der Waals surface area contributed by atoms with Crippen LogP contribution in [0.2, 0.25) is 0 Å². The average Bonchev–Trinajstić information content (AvgIpc) is 2.97. The van der Waals surface area contributed by atoms with Crippen LogP contribution in [0.3, 0.4) is 0 Å². The molecule has 5 nitrogen and oxygen atoms in total. The highest BCUT2D eigenvalue weighted by Gasteiger charge is 2.20. The molecule has 2 N–H and O–H groups in total. The number of guanidine groups is 1. The molecule has 1 aliphatic rings. The third kappa shape index (κ3) is 5.29. The summed E-state index contributed by atoms with van der Waals surface area (Å²) in [5, 5.41) is 8.16. The van der Waals surface area contributed by atoms with E-state index in [2.05, 4.69) is 69.7 Å². The third-order valence-corrected chi connectivity index (χ3v) is 5.81. The fourth-order valence-corrected chi connectivity index (χ4v) is 4.32. The number of benzene rings is 1. The van der Waals surface area contributed by atoms with Crippen LogP contribution < -0.4 is 10.6 Å². The Balaban J connectivity index is 1.50. The summed E-state index contributed by atoms with van der Waals surface area (Å²) in [6.07, 6.45) is 2.40. The van der Waals surface area contributed by atoms with Gasteiger partial charge in [0, 0.05) is 31.1 Å². The van der Waals surface area contributed by atoms with Crippen LogP contribution >= 0.6 is 11.3 Å². The van der Waals surface area contributed by atoms with Gasteiger partial charge in [0.2, 0.25) is 0 Å². The van der Waals surface area contributed by atoms with Crippen molar-refractivity contribution in [3.8, 4) is 0 Å². The van der Waals surface area contributed by atoms with Gasteiger partial charge in [-0.05, 0) is 38.8 Å². The normalized spacial score (nSPS) is 18.7. The maximum atomic E-state index is 4.49. The summed E-state index contributed by atoms with van der Waals surface area (Å²) in [6, 6.07) is 11.1. The van der Waals surface area contributed by atoms with Crippen molar-refractivity contribution < 1.29 is 0 Å². The predicted octanol–water partition coefficient (Wildman–Crippen LogP) is 3.09. The van der Waals surface area contributed by atoms with E-state index in [1.165, 1.54) is 29.8 Å². The van der Waals surface area contributed by atoms with Crippen molar-refractivity contribution in [2.75, 3.05) is 20.1 Å². The van der Waals surface area contributed by atoms with E-state index in [0.29, 0.717) is 6.04 Å². The van der Waals surface area contributed by atoms with E-state index in [1.54, 1.807) is 11.3 Å². The van der Waals surface area contributed by atoms with E-state index in [1.807, 2.05) is 7.05 Å². The second kappa shape index (κ2) is 9.14. The molecule has 1 aromatic heterocycles. The number of nitrogens with zero attached hydrogens (tertiary/aromatic N) is 3. The quantitative estimate of drug-likeness (QED) is 0.626. The number of hydrogen-bond donors (Lipinski definition) is 2. The van der Waals surface area contributed by atoms with Crippen molar-refractivity contribution >= 4 is 17.3 Å². The van der Waals surface area contributed by atoms with Gasteiger partial charge in [0.25, 0.3) is 0 Å². The Bertz CT molecular complexity index is 725. The summed E-state index contributed by atoms with van der Waals surface area (Å²) in [6.45, 7) is 8.13. The van der Waals surface area contributed by atoms with Crippen molar-refractivity contribution in [3.05, 3.63) is 51.5 Å². The third-order valence-electron chi connectivity index (χ3n) is 4.73. The minimum Gasteiger partial charge on any atom is -0.352 e. The number of likely N-dealkylation sites (tertiary alicyclic amines) is 1. The Hall–Kier alpha value is -1.92.